The average Bonchev–Trinajstić information content (AvgIpc) is 2.49. The summed E-state index contributed by atoms with van der Waals surface area (Å²) < 4.78 is 5.06. The first-order valence-electron chi connectivity index (χ1n) is 7.42. The van der Waals surface area contributed by atoms with E-state index in [9.17, 15) is 4.79 Å². The lowest BCUT2D eigenvalue weighted by Crippen LogP contribution is -2.32. The van der Waals surface area contributed by atoms with Gasteiger partial charge in [-0.25, -0.2) is 4.79 Å². The first-order chi connectivity index (χ1) is 10.2. The molecule has 3 rings (SSSR count). The highest BCUT2D eigenvalue weighted by molar-refractivity contribution is 5.85. The Balaban J connectivity index is 1.60. The number of anilines is 1. The van der Waals surface area contributed by atoms with Crippen molar-refractivity contribution in [1.29, 1.82) is 0 Å². The Kier molecular flexibility index (Phi) is 3.95. The zero-order valence-corrected chi connectivity index (χ0v) is 11.9. The van der Waals surface area contributed by atoms with Crippen molar-refractivity contribution in [3.63, 3.8) is 0 Å². The smallest absolute Gasteiger partial charge is 0.404 e. The number of benzene rings is 2. The Morgan fingerprint density at radius 2 is 1.76 bits per heavy atom. The fourth-order valence-corrected chi connectivity index (χ4v) is 3.00. The minimum absolute atomic E-state index is 0.0165. The van der Waals surface area contributed by atoms with Crippen LogP contribution in [0.3, 0.4) is 0 Å². The second-order valence-corrected chi connectivity index (χ2v) is 5.62. The number of nitrogens with one attached hydrogen (secondary N) is 1. The summed E-state index contributed by atoms with van der Waals surface area (Å²) in [5.41, 5.74) is 6.20. The van der Waals surface area contributed by atoms with E-state index < -0.39 is 6.09 Å². The van der Waals surface area contributed by atoms with Gasteiger partial charge in [-0.05, 0) is 48.6 Å². The van der Waals surface area contributed by atoms with Gasteiger partial charge in [0.05, 0.1) is 0 Å². The van der Waals surface area contributed by atoms with Crippen LogP contribution in [0.2, 0.25) is 0 Å². The number of amides is 1. The van der Waals surface area contributed by atoms with Gasteiger partial charge >= 0.3 is 6.09 Å². The summed E-state index contributed by atoms with van der Waals surface area (Å²) in [7, 11) is 0. The second-order valence-electron chi connectivity index (χ2n) is 5.62. The first kappa shape index (κ1) is 13.7. The molecule has 0 radical (unpaired) electrons. The molecular weight excluding hydrogens is 264 g/mol. The number of ether oxygens (including phenoxy) is 1. The molecule has 0 aromatic heterocycles. The lowest BCUT2D eigenvalue weighted by atomic mass is 9.92. The molecule has 2 aromatic carbocycles. The van der Waals surface area contributed by atoms with E-state index in [4.69, 9.17) is 10.5 Å². The Labute approximate surface area is 124 Å². The molecule has 0 saturated heterocycles. The predicted molar refractivity (Wildman–Crippen MR) is 84.3 cm³/mol. The Morgan fingerprint density at radius 3 is 2.48 bits per heavy atom. The molecule has 1 aliphatic rings. The normalized spacial score (nSPS) is 21.9. The van der Waals surface area contributed by atoms with Crippen LogP contribution in [0.4, 0.5) is 10.5 Å². The minimum Gasteiger partial charge on any atom is -0.446 e. The number of hydrogen-bond acceptors (Lipinski definition) is 3. The topological polar surface area (TPSA) is 64.4 Å². The molecule has 1 amide bonds. The van der Waals surface area contributed by atoms with Crippen LogP contribution in [0.25, 0.3) is 10.8 Å². The van der Waals surface area contributed by atoms with Crippen LogP contribution in [-0.2, 0) is 4.74 Å². The number of fused-ring (bicyclic) bond motifs is 1. The number of rotatable bonds is 3. The quantitative estimate of drug-likeness (QED) is 0.904. The van der Waals surface area contributed by atoms with Gasteiger partial charge in [0, 0.05) is 11.7 Å². The van der Waals surface area contributed by atoms with Crippen molar-refractivity contribution in [3.05, 3.63) is 42.5 Å². The van der Waals surface area contributed by atoms with Crippen LogP contribution in [0.15, 0.2) is 42.5 Å². The fraction of sp³-hybridized carbons (Fsp3) is 0.353. The van der Waals surface area contributed by atoms with E-state index in [1.54, 1.807) is 0 Å². The van der Waals surface area contributed by atoms with Gasteiger partial charge in [-0.3, -0.25) is 0 Å². The molecule has 4 heteroatoms. The molecule has 0 spiro atoms. The molecule has 110 valence electrons. The second kappa shape index (κ2) is 6.04. The highest BCUT2D eigenvalue weighted by atomic mass is 16.6. The molecule has 0 atom stereocenters. The molecule has 3 N–H and O–H groups in total. The van der Waals surface area contributed by atoms with Gasteiger partial charge in [0.1, 0.15) is 6.10 Å². The summed E-state index contributed by atoms with van der Waals surface area (Å²) in [5.74, 6) is 0. The molecule has 21 heavy (non-hydrogen) atoms. The highest BCUT2D eigenvalue weighted by Gasteiger charge is 2.23. The number of carbonyl (C=O) groups excluding carboxylic acids is 1. The summed E-state index contributed by atoms with van der Waals surface area (Å²) in [6.45, 7) is 0. The van der Waals surface area contributed by atoms with Gasteiger partial charge in [0.25, 0.3) is 0 Å². The zero-order chi connectivity index (χ0) is 14.7. The van der Waals surface area contributed by atoms with Gasteiger partial charge < -0.3 is 15.8 Å². The molecule has 0 heterocycles. The van der Waals surface area contributed by atoms with Crippen molar-refractivity contribution in [2.24, 2.45) is 5.73 Å². The largest absolute Gasteiger partial charge is 0.446 e. The van der Waals surface area contributed by atoms with E-state index >= 15 is 0 Å². The first-order valence-corrected chi connectivity index (χ1v) is 7.42. The molecule has 1 aliphatic carbocycles. The SMILES string of the molecule is NC(=O)OC1CCC(Nc2ccc3ccccc3c2)CC1. The third-order valence-electron chi connectivity index (χ3n) is 4.08. The summed E-state index contributed by atoms with van der Waals surface area (Å²) in [4.78, 5) is 10.7. The molecule has 0 aliphatic heterocycles. The summed E-state index contributed by atoms with van der Waals surface area (Å²) >= 11 is 0. The van der Waals surface area contributed by atoms with Crippen LogP contribution in [0, 0.1) is 0 Å². The van der Waals surface area contributed by atoms with Crippen LogP contribution in [0.1, 0.15) is 25.7 Å². The van der Waals surface area contributed by atoms with Crippen molar-refractivity contribution < 1.29 is 9.53 Å². The lowest BCUT2D eigenvalue weighted by Gasteiger charge is -2.29. The maximum atomic E-state index is 10.7. The van der Waals surface area contributed by atoms with Crippen LogP contribution >= 0.6 is 0 Å². The molecule has 2 aromatic rings. The van der Waals surface area contributed by atoms with Gasteiger partial charge in [0.2, 0.25) is 0 Å². The van der Waals surface area contributed by atoms with Gasteiger partial charge in [0.15, 0.2) is 0 Å². The van der Waals surface area contributed by atoms with Crippen molar-refractivity contribution in [3.8, 4) is 0 Å². The zero-order valence-electron chi connectivity index (χ0n) is 11.9. The summed E-state index contributed by atoms with van der Waals surface area (Å²) in [6, 6.07) is 15.2. The molecular formula is C17H20N2O2. The Hall–Kier alpha value is -2.23. The molecule has 1 fully saturated rings. The molecule has 0 unspecified atom stereocenters. The maximum Gasteiger partial charge on any atom is 0.404 e. The van der Waals surface area contributed by atoms with Crippen LogP contribution in [-0.4, -0.2) is 18.2 Å². The van der Waals surface area contributed by atoms with E-state index in [-0.39, 0.29) is 6.10 Å². The monoisotopic (exact) mass is 284 g/mol. The fourth-order valence-electron chi connectivity index (χ4n) is 3.00. The van der Waals surface area contributed by atoms with Gasteiger partial charge in [-0.2, -0.15) is 0 Å². The van der Waals surface area contributed by atoms with E-state index in [0.717, 1.165) is 31.4 Å². The number of nitrogens with two attached hydrogens (primary N) is 1. The molecule has 0 bridgehead atoms. The Bertz CT molecular complexity index is 633. The maximum absolute atomic E-state index is 10.7. The summed E-state index contributed by atoms with van der Waals surface area (Å²) in [5, 5.41) is 6.07. The highest BCUT2D eigenvalue weighted by Crippen LogP contribution is 2.26. The average molecular weight is 284 g/mol. The Morgan fingerprint density at radius 1 is 1.05 bits per heavy atom. The van der Waals surface area contributed by atoms with Crippen molar-refractivity contribution in [2.45, 2.75) is 37.8 Å². The molecule has 4 nitrogen and oxygen atoms in total. The standard InChI is InChI=1S/C17H20N2O2/c18-17(20)21-16-9-7-14(8-10-16)19-15-6-5-12-3-1-2-4-13(12)11-15/h1-6,11,14,16,19H,7-10H2,(H2,18,20). The predicted octanol–water partition coefficient (Wildman–Crippen LogP) is 3.66. The lowest BCUT2D eigenvalue weighted by molar-refractivity contribution is 0.0806. The van der Waals surface area contributed by atoms with Crippen molar-refractivity contribution in [1.82, 2.24) is 0 Å². The van der Waals surface area contributed by atoms with Crippen molar-refractivity contribution in [2.75, 3.05) is 5.32 Å². The molecule has 1 saturated carbocycles. The minimum atomic E-state index is -0.666. The van der Waals surface area contributed by atoms with E-state index in [1.165, 1.54) is 10.8 Å². The van der Waals surface area contributed by atoms with Crippen LogP contribution < -0.4 is 11.1 Å². The summed E-state index contributed by atoms with van der Waals surface area (Å²) in [6.07, 6.45) is 3.04. The van der Waals surface area contributed by atoms with Gasteiger partial charge in [-0.15, -0.1) is 0 Å². The number of primary amides is 1. The van der Waals surface area contributed by atoms with Crippen LogP contribution in [0.5, 0.6) is 0 Å². The van der Waals surface area contributed by atoms with Crippen molar-refractivity contribution >= 4 is 22.6 Å². The van der Waals surface area contributed by atoms with Gasteiger partial charge in [-0.1, -0.05) is 30.3 Å². The number of carbonyl (C=O) groups is 1. The van der Waals surface area contributed by atoms with E-state index in [2.05, 4.69) is 47.8 Å². The van der Waals surface area contributed by atoms with E-state index in [0.29, 0.717) is 6.04 Å². The number of hydrogen-bond donors (Lipinski definition) is 2. The van der Waals surface area contributed by atoms with E-state index in [1.807, 2.05) is 0 Å². The third-order valence-corrected chi connectivity index (χ3v) is 4.08. The third kappa shape index (κ3) is 3.45.